The predicted octanol–water partition coefficient (Wildman–Crippen LogP) is -2.73. The molecule has 1 unspecified atom stereocenters. The van der Waals surface area contributed by atoms with Gasteiger partial charge in [-0.25, -0.2) is 0 Å². The van der Waals surface area contributed by atoms with Crippen molar-refractivity contribution >= 4 is 5.91 Å². The number of halogens is 1. The van der Waals surface area contributed by atoms with Gasteiger partial charge in [0.15, 0.2) is 6.04 Å². The number of quaternary nitrogens is 1. The van der Waals surface area contributed by atoms with Gasteiger partial charge in [-0.15, -0.1) is 0 Å². The van der Waals surface area contributed by atoms with E-state index in [1.54, 1.807) is 0 Å². The molecule has 4 heteroatoms. The lowest BCUT2D eigenvalue weighted by Crippen LogP contribution is -3.00. The first-order chi connectivity index (χ1) is 5.43. The highest BCUT2D eigenvalue weighted by Crippen LogP contribution is 2.20. The smallest absolute Gasteiger partial charge is 0.276 e. The van der Waals surface area contributed by atoms with Gasteiger partial charge < -0.3 is 34.2 Å². The van der Waals surface area contributed by atoms with Crippen LogP contribution in [0.3, 0.4) is 0 Å². The van der Waals surface area contributed by atoms with E-state index >= 15 is 0 Å². The molecule has 13 heavy (non-hydrogen) atoms. The highest BCUT2D eigenvalue weighted by molar-refractivity contribution is 5.79. The topological polar surface area (TPSA) is 43.1 Å². The molecule has 76 valence electrons. The summed E-state index contributed by atoms with van der Waals surface area (Å²) in [6.07, 6.45) is 2.99. The standard InChI is InChI=1S/C9H16N2O.HI/c1-7-4-5-11(2,3)8(6-7)9(10)12;/h4,8H,5-6H2,1-3H3,(H-,10,12);1H. The minimum Gasteiger partial charge on any atom is -1.00 e. The molecule has 0 bridgehead atoms. The van der Waals surface area contributed by atoms with Crippen LogP contribution in [0.5, 0.6) is 0 Å². The van der Waals surface area contributed by atoms with Gasteiger partial charge in [0.2, 0.25) is 0 Å². The summed E-state index contributed by atoms with van der Waals surface area (Å²) >= 11 is 0. The minimum atomic E-state index is -0.188. The summed E-state index contributed by atoms with van der Waals surface area (Å²) in [7, 11) is 4.08. The second-order valence-electron chi connectivity index (χ2n) is 4.13. The van der Waals surface area contributed by atoms with E-state index in [9.17, 15) is 4.79 Å². The monoisotopic (exact) mass is 296 g/mol. The summed E-state index contributed by atoms with van der Waals surface area (Å²) in [6.45, 7) is 2.95. The zero-order valence-corrected chi connectivity index (χ0v) is 10.5. The summed E-state index contributed by atoms with van der Waals surface area (Å²) in [4.78, 5) is 11.1. The van der Waals surface area contributed by atoms with E-state index in [1.807, 2.05) is 14.1 Å². The SMILES string of the molecule is CC1=CC[N+](C)(C)C(C(N)=O)C1.[I-]. The largest absolute Gasteiger partial charge is 1.00 e. The molecule has 2 N–H and O–H groups in total. The zero-order valence-electron chi connectivity index (χ0n) is 8.38. The Morgan fingerprint density at radius 1 is 1.62 bits per heavy atom. The molecular formula is C9H17IN2O. The first kappa shape index (κ1) is 12.9. The molecule has 0 fully saturated rings. The lowest BCUT2D eigenvalue weighted by atomic mass is 9.99. The number of hydrogen-bond acceptors (Lipinski definition) is 1. The average molecular weight is 296 g/mol. The number of primary amides is 1. The molecule has 1 atom stereocenters. The summed E-state index contributed by atoms with van der Waals surface area (Å²) in [5, 5.41) is 0. The number of likely N-dealkylation sites (N-methyl/N-ethyl adjacent to an activating group) is 1. The zero-order chi connectivity index (χ0) is 9.35. The molecule has 0 saturated heterocycles. The molecule has 1 amide bonds. The van der Waals surface area contributed by atoms with Crippen molar-refractivity contribution in [2.24, 2.45) is 5.73 Å². The van der Waals surface area contributed by atoms with Gasteiger partial charge in [0.1, 0.15) is 0 Å². The van der Waals surface area contributed by atoms with E-state index in [2.05, 4.69) is 13.0 Å². The quantitative estimate of drug-likeness (QED) is 0.319. The number of rotatable bonds is 1. The first-order valence-electron chi connectivity index (χ1n) is 4.21. The summed E-state index contributed by atoms with van der Waals surface area (Å²) in [5.74, 6) is -0.188. The van der Waals surface area contributed by atoms with E-state index in [4.69, 9.17) is 5.73 Å². The predicted molar refractivity (Wildman–Crippen MR) is 48.3 cm³/mol. The van der Waals surface area contributed by atoms with Crippen molar-refractivity contribution in [2.45, 2.75) is 19.4 Å². The third-order valence-corrected chi connectivity index (χ3v) is 2.60. The first-order valence-corrected chi connectivity index (χ1v) is 4.21. The van der Waals surface area contributed by atoms with Crippen molar-refractivity contribution in [2.75, 3.05) is 20.6 Å². The minimum absolute atomic E-state index is 0. The molecule has 0 spiro atoms. The van der Waals surface area contributed by atoms with Crippen LogP contribution in [-0.4, -0.2) is 37.1 Å². The van der Waals surface area contributed by atoms with Crippen LogP contribution >= 0.6 is 0 Å². The van der Waals surface area contributed by atoms with Gasteiger partial charge in [-0.1, -0.05) is 5.57 Å². The molecule has 0 aromatic carbocycles. The van der Waals surface area contributed by atoms with Crippen LogP contribution in [0.4, 0.5) is 0 Å². The fraction of sp³-hybridized carbons (Fsp3) is 0.667. The molecule has 1 aliphatic rings. The van der Waals surface area contributed by atoms with Crippen LogP contribution in [0.15, 0.2) is 11.6 Å². The molecule has 0 aromatic heterocycles. The van der Waals surface area contributed by atoms with Gasteiger partial charge in [-0.05, 0) is 13.0 Å². The number of hydrogen-bond donors (Lipinski definition) is 1. The van der Waals surface area contributed by atoms with Crippen LogP contribution in [0.25, 0.3) is 0 Å². The maximum absolute atomic E-state index is 11.1. The van der Waals surface area contributed by atoms with E-state index in [-0.39, 0.29) is 35.9 Å². The lowest BCUT2D eigenvalue weighted by molar-refractivity contribution is -0.901. The normalized spacial score (nSPS) is 25.8. The van der Waals surface area contributed by atoms with E-state index in [0.717, 1.165) is 13.0 Å². The second kappa shape index (κ2) is 4.41. The van der Waals surface area contributed by atoms with Crippen molar-refractivity contribution in [3.05, 3.63) is 11.6 Å². The molecule has 0 aliphatic carbocycles. The van der Waals surface area contributed by atoms with Gasteiger partial charge in [0, 0.05) is 6.42 Å². The second-order valence-corrected chi connectivity index (χ2v) is 4.13. The average Bonchev–Trinajstić information content (AvgIpc) is 1.94. The molecule has 1 heterocycles. The molecular weight excluding hydrogens is 279 g/mol. The Bertz CT molecular complexity index is 236. The lowest BCUT2D eigenvalue weighted by Gasteiger charge is -2.38. The summed E-state index contributed by atoms with van der Waals surface area (Å²) in [5.41, 5.74) is 6.60. The Morgan fingerprint density at radius 2 is 2.15 bits per heavy atom. The highest BCUT2D eigenvalue weighted by atomic mass is 127. The molecule has 3 nitrogen and oxygen atoms in total. The van der Waals surface area contributed by atoms with Crippen LogP contribution in [0.2, 0.25) is 0 Å². The number of carbonyl (C=O) groups is 1. The highest BCUT2D eigenvalue weighted by Gasteiger charge is 2.35. The van der Waals surface area contributed by atoms with Crippen LogP contribution in [-0.2, 0) is 4.79 Å². The van der Waals surface area contributed by atoms with E-state index < -0.39 is 0 Å². The maximum Gasteiger partial charge on any atom is 0.276 e. The van der Waals surface area contributed by atoms with Crippen molar-refractivity contribution in [3.63, 3.8) is 0 Å². The molecule has 1 aliphatic heterocycles. The third-order valence-electron chi connectivity index (χ3n) is 2.60. The van der Waals surface area contributed by atoms with Gasteiger partial charge in [-0.3, -0.25) is 4.79 Å². The summed E-state index contributed by atoms with van der Waals surface area (Å²) in [6, 6.07) is -0.0463. The van der Waals surface area contributed by atoms with Crippen molar-refractivity contribution < 1.29 is 33.3 Å². The van der Waals surface area contributed by atoms with Crippen LogP contribution in [0.1, 0.15) is 13.3 Å². The Balaban J connectivity index is 0.00000144. The Kier molecular flexibility index (Phi) is 4.38. The van der Waals surface area contributed by atoms with Crippen molar-refractivity contribution in [1.29, 1.82) is 0 Å². The van der Waals surface area contributed by atoms with Gasteiger partial charge in [-0.2, -0.15) is 0 Å². The van der Waals surface area contributed by atoms with Gasteiger partial charge >= 0.3 is 0 Å². The molecule has 0 radical (unpaired) electrons. The third kappa shape index (κ3) is 2.95. The maximum atomic E-state index is 11.1. The molecule has 0 saturated carbocycles. The van der Waals surface area contributed by atoms with Crippen molar-refractivity contribution in [3.8, 4) is 0 Å². The summed E-state index contributed by atoms with van der Waals surface area (Å²) < 4.78 is 0.687. The Labute approximate surface area is 96.6 Å². The van der Waals surface area contributed by atoms with Gasteiger partial charge in [0.05, 0.1) is 20.6 Å². The number of nitrogens with two attached hydrogens (primary N) is 1. The molecule has 1 rings (SSSR count). The molecule has 0 aromatic rings. The van der Waals surface area contributed by atoms with Crippen LogP contribution < -0.4 is 29.7 Å². The van der Waals surface area contributed by atoms with Gasteiger partial charge in [0.25, 0.3) is 5.91 Å². The number of amides is 1. The van der Waals surface area contributed by atoms with Crippen molar-refractivity contribution in [1.82, 2.24) is 0 Å². The van der Waals surface area contributed by atoms with E-state index in [1.165, 1.54) is 5.57 Å². The Morgan fingerprint density at radius 3 is 2.54 bits per heavy atom. The Hall–Kier alpha value is -0.100. The van der Waals surface area contributed by atoms with Crippen LogP contribution in [0, 0.1) is 0 Å². The number of nitrogens with zero attached hydrogens (tertiary/aromatic N) is 1. The fourth-order valence-electron chi connectivity index (χ4n) is 1.60. The van der Waals surface area contributed by atoms with E-state index in [0.29, 0.717) is 4.48 Å². The fourth-order valence-corrected chi connectivity index (χ4v) is 1.60. The number of carbonyl (C=O) groups excluding carboxylic acids is 1.